The van der Waals surface area contributed by atoms with Gasteiger partial charge in [0, 0.05) is 12.0 Å². The quantitative estimate of drug-likeness (QED) is 0.482. The van der Waals surface area contributed by atoms with E-state index >= 15 is 0 Å². The Kier molecular flexibility index (Phi) is 1.75. The van der Waals surface area contributed by atoms with Gasteiger partial charge in [0.2, 0.25) is 0 Å². The summed E-state index contributed by atoms with van der Waals surface area (Å²) in [5.41, 5.74) is 5.45. The monoisotopic (exact) mass is 145 g/mol. The molecular formula is C7H15NO2. The predicted octanol–water partition coefficient (Wildman–Crippen LogP) is -0.677. The fraction of sp³-hybridized carbons (Fsp3) is 1.00. The van der Waals surface area contributed by atoms with Gasteiger partial charge in [-0.1, -0.05) is 13.8 Å². The Balaban J connectivity index is 2.48. The van der Waals surface area contributed by atoms with E-state index in [1.807, 2.05) is 13.8 Å². The van der Waals surface area contributed by atoms with Crippen LogP contribution < -0.4 is 5.73 Å². The second kappa shape index (κ2) is 2.19. The Morgan fingerprint density at radius 3 is 2.10 bits per heavy atom. The SMILES string of the molecule is CC1(C)[C@H]([C@@H](N)CO)[C@@H]1O. The fourth-order valence-corrected chi connectivity index (χ4v) is 1.55. The third kappa shape index (κ3) is 0.944. The molecule has 60 valence electrons. The maximum absolute atomic E-state index is 9.26. The van der Waals surface area contributed by atoms with Crippen LogP contribution in [0.1, 0.15) is 13.8 Å². The van der Waals surface area contributed by atoms with E-state index in [0.717, 1.165) is 0 Å². The lowest BCUT2D eigenvalue weighted by molar-refractivity contribution is 0.209. The van der Waals surface area contributed by atoms with E-state index in [0.29, 0.717) is 0 Å². The van der Waals surface area contributed by atoms with Crippen LogP contribution in [0.25, 0.3) is 0 Å². The first-order valence-corrected chi connectivity index (χ1v) is 3.56. The highest BCUT2D eigenvalue weighted by Gasteiger charge is 2.59. The predicted molar refractivity (Wildman–Crippen MR) is 38.3 cm³/mol. The highest BCUT2D eigenvalue weighted by Crippen LogP contribution is 2.53. The summed E-state index contributed by atoms with van der Waals surface area (Å²) >= 11 is 0. The first-order chi connectivity index (χ1) is 4.51. The molecule has 0 unspecified atom stereocenters. The van der Waals surface area contributed by atoms with Crippen LogP contribution in [0.3, 0.4) is 0 Å². The van der Waals surface area contributed by atoms with Gasteiger partial charge < -0.3 is 15.9 Å². The standard InChI is InChI=1S/C7H15NO2/c1-7(2)5(6(7)10)4(8)3-9/h4-6,9-10H,3,8H2,1-2H3/t4-,5+,6-/m0/s1. The lowest BCUT2D eigenvalue weighted by Gasteiger charge is -2.07. The second-order valence-corrected chi connectivity index (χ2v) is 3.64. The fourth-order valence-electron chi connectivity index (χ4n) is 1.55. The highest BCUT2D eigenvalue weighted by molar-refractivity contribution is 5.09. The average Bonchev–Trinajstić information content (AvgIpc) is 2.33. The molecule has 3 nitrogen and oxygen atoms in total. The summed E-state index contributed by atoms with van der Waals surface area (Å²) in [6, 6.07) is -0.259. The van der Waals surface area contributed by atoms with Crippen molar-refractivity contribution < 1.29 is 10.2 Å². The van der Waals surface area contributed by atoms with E-state index in [1.54, 1.807) is 0 Å². The van der Waals surface area contributed by atoms with Crippen molar-refractivity contribution in [2.45, 2.75) is 26.0 Å². The molecule has 0 aliphatic heterocycles. The van der Waals surface area contributed by atoms with Gasteiger partial charge >= 0.3 is 0 Å². The van der Waals surface area contributed by atoms with E-state index in [-0.39, 0.29) is 30.1 Å². The zero-order chi connectivity index (χ0) is 7.94. The minimum atomic E-state index is -0.324. The molecule has 1 saturated carbocycles. The van der Waals surface area contributed by atoms with Crippen molar-refractivity contribution in [2.24, 2.45) is 17.1 Å². The van der Waals surface area contributed by atoms with Crippen LogP contribution >= 0.6 is 0 Å². The third-order valence-electron chi connectivity index (χ3n) is 2.52. The normalized spacial score (nSPS) is 39.3. The van der Waals surface area contributed by atoms with Crippen molar-refractivity contribution in [1.82, 2.24) is 0 Å². The summed E-state index contributed by atoms with van der Waals surface area (Å²) < 4.78 is 0. The first-order valence-electron chi connectivity index (χ1n) is 3.56. The molecule has 10 heavy (non-hydrogen) atoms. The van der Waals surface area contributed by atoms with Crippen LogP contribution in [0, 0.1) is 11.3 Å². The molecule has 1 aliphatic carbocycles. The van der Waals surface area contributed by atoms with Crippen LogP contribution in [0.2, 0.25) is 0 Å². The molecule has 1 rings (SSSR count). The third-order valence-corrected chi connectivity index (χ3v) is 2.52. The number of hydrogen-bond acceptors (Lipinski definition) is 3. The van der Waals surface area contributed by atoms with Gasteiger partial charge in [-0.05, 0) is 5.41 Å². The molecule has 0 heterocycles. The molecule has 3 atom stereocenters. The number of rotatable bonds is 2. The largest absolute Gasteiger partial charge is 0.395 e. The van der Waals surface area contributed by atoms with Crippen molar-refractivity contribution in [1.29, 1.82) is 0 Å². The van der Waals surface area contributed by atoms with Gasteiger partial charge in [-0.3, -0.25) is 0 Å². The molecule has 0 saturated heterocycles. The molecule has 1 fully saturated rings. The second-order valence-electron chi connectivity index (χ2n) is 3.64. The van der Waals surface area contributed by atoms with Gasteiger partial charge in [-0.15, -0.1) is 0 Å². The van der Waals surface area contributed by atoms with Crippen molar-refractivity contribution in [2.75, 3.05) is 6.61 Å². The Morgan fingerprint density at radius 1 is 1.60 bits per heavy atom. The van der Waals surface area contributed by atoms with Crippen LogP contribution in [0.4, 0.5) is 0 Å². The minimum absolute atomic E-state index is 0.0366. The van der Waals surface area contributed by atoms with E-state index in [2.05, 4.69) is 0 Å². The Bertz CT molecular complexity index is 136. The lowest BCUT2D eigenvalue weighted by atomic mass is 10.1. The Morgan fingerprint density at radius 2 is 2.00 bits per heavy atom. The molecule has 0 aromatic carbocycles. The maximum atomic E-state index is 9.26. The first kappa shape index (κ1) is 7.98. The molecule has 4 N–H and O–H groups in total. The average molecular weight is 145 g/mol. The van der Waals surface area contributed by atoms with Gasteiger partial charge in [0.05, 0.1) is 12.7 Å². The van der Waals surface area contributed by atoms with Crippen LogP contribution in [-0.2, 0) is 0 Å². The number of aliphatic hydroxyl groups is 2. The maximum Gasteiger partial charge on any atom is 0.0645 e. The summed E-state index contributed by atoms with van der Waals surface area (Å²) in [6.45, 7) is 3.88. The number of hydrogen-bond donors (Lipinski definition) is 3. The highest BCUT2D eigenvalue weighted by atomic mass is 16.3. The zero-order valence-electron chi connectivity index (χ0n) is 6.41. The van der Waals surface area contributed by atoms with Gasteiger partial charge in [-0.2, -0.15) is 0 Å². The lowest BCUT2D eigenvalue weighted by Crippen LogP contribution is -2.29. The molecule has 1 aliphatic rings. The van der Waals surface area contributed by atoms with Crippen molar-refractivity contribution >= 4 is 0 Å². The molecule has 0 aromatic rings. The summed E-state index contributed by atoms with van der Waals surface area (Å²) in [5.74, 6) is 0.0810. The van der Waals surface area contributed by atoms with E-state index in [9.17, 15) is 5.11 Å². The van der Waals surface area contributed by atoms with Crippen LogP contribution in [0.5, 0.6) is 0 Å². The van der Waals surface area contributed by atoms with Crippen molar-refractivity contribution in [3.63, 3.8) is 0 Å². The summed E-state index contributed by atoms with van der Waals surface area (Å²) in [4.78, 5) is 0. The van der Waals surface area contributed by atoms with Crippen LogP contribution in [0.15, 0.2) is 0 Å². The smallest absolute Gasteiger partial charge is 0.0645 e. The van der Waals surface area contributed by atoms with Gasteiger partial charge in [0.25, 0.3) is 0 Å². The van der Waals surface area contributed by atoms with E-state index in [1.165, 1.54) is 0 Å². The van der Waals surface area contributed by atoms with Crippen molar-refractivity contribution in [3.05, 3.63) is 0 Å². The summed E-state index contributed by atoms with van der Waals surface area (Å²) in [6.07, 6.45) is -0.324. The van der Waals surface area contributed by atoms with E-state index < -0.39 is 0 Å². The van der Waals surface area contributed by atoms with E-state index in [4.69, 9.17) is 10.8 Å². The van der Waals surface area contributed by atoms with Crippen molar-refractivity contribution in [3.8, 4) is 0 Å². The summed E-state index contributed by atoms with van der Waals surface area (Å²) in [7, 11) is 0. The topological polar surface area (TPSA) is 66.5 Å². The molecule has 0 spiro atoms. The minimum Gasteiger partial charge on any atom is -0.395 e. The molecular weight excluding hydrogens is 130 g/mol. The Labute approximate surface area is 60.9 Å². The van der Waals surface area contributed by atoms with Crippen LogP contribution in [-0.4, -0.2) is 29.0 Å². The molecule has 0 amide bonds. The van der Waals surface area contributed by atoms with Gasteiger partial charge in [0.15, 0.2) is 0 Å². The molecule has 0 aromatic heterocycles. The molecule has 3 heteroatoms. The number of nitrogens with two attached hydrogens (primary N) is 1. The zero-order valence-corrected chi connectivity index (χ0v) is 6.41. The van der Waals surface area contributed by atoms with Gasteiger partial charge in [-0.25, -0.2) is 0 Å². The molecule has 0 bridgehead atoms. The molecule has 0 radical (unpaired) electrons. The summed E-state index contributed by atoms with van der Waals surface area (Å²) in [5, 5.41) is 17.9. The Hall–Kier alpha value is -0.120. The number of aliphatic hydroxyl groups excluding tert-OH is 2. The van der Waals surface area contributed by atoms with Gasteiger partial charge in [0.1, 0.15) is 0 Å².